The third-order valence-corrected chi connectivity index (χ3v) is 2.25. The van der Waals surface area contributed by atoms with Crippen LogP contribution in [0.3, 0.4) is 0 Å². The minimum atomic E-state index is 0.0530. The summed E-state index contributed by atoms with van der Waals surface area (Å²) in [5, 5.41) is 0. The predicted octanol–water partition coefficient (Wildman–Crippen LogP) is 2.97. The van der Waals surface area contributed by atoms with Gasteiger partial charge in [-0.05, 0) is 13.0 Å². The van der Waals surface area contributed by atoms with Crippen LogP contribution in [0.4, 0.5) is 0 Å². The van der Waals surface area contributed by atoms with Crippen LogP contribution < -0.4 is 0 Å². The van der Waals surface area contributed by atoms with Crippen LogP contribution >= 0.6 is 12.2 Å². The summed E-state index contributed by atoms with van der Waals surface area (Å²) in [6, 6.07) is 1.91. The first-order valence-electron chi connectivity index (χ1n) is 5.12. The zero-order chi connectivity index (χ0) is 11.5. The first-order valence-corrected chi connectivity index (χ1v) is 5.52. The van der Waals surface area contributed by atoms with Crippen molar-refractivity contribution in [1.82, 2.24) is 9.97 Å². The Morgan fingerprint density at radius 2 is 2.13 bits per heavy atom. The van der Waals surface area contributed by atoms with Crippen LogP contribution in [0.2, 0.25) is 0 Å². The van der Waals surface area contributed by atoms with Gasteiger partial charge < -0.3 is 9.72 Å². The number of hydrogen-bond acceptors (Lipinski definition) is 3. The second-order valence-electron chi connectivity index (χ2n) is 4.47. The van der Waals surface area contributed by atoms with Crippen LogP contribution in [-0.4, -0.2) is 16.6 Å². The Morgan fingerprint density at radius 3 is 2.67 bits per heavy atom. The summed E-state index contributed by atoms with van der Waals surface area (Å²) in [5.41, 5.74) is 1.15. The van der Waals surface area contributed by atoms with Crippen molar-refractivity contribution in [3.63, 3.8) is 0 Å². The van der Waals surface area contributed by atoms with E-state index in [-0.39, 0.29) is 5.41 Å². The summed E-state index contributed by atoms with van der Waals surface area (Å²) in [5.74, 6) is 0.800. The van der Waals surface area contributed by atoms with E-state index < -0.39 is 0 Å². The molecular formula is C11H18N2OS. The number of rotatable bonds is 3. The third-order valence-electron chi connectivity index (χ3n) is 2.04. The molecule has 1 rings (SSSR count). The lowest BCUT2D eigenvalue weighted by Gasteiger charge is -2.19. The van der Waals surface area contributed by atoms with Crippen molar-refractivity contribution >= 4 is 12.2 Å². The molecule has 0 saturated heterocycles. The molecule has 84 valence electrons. The Hall–Kier alpha value is -0.740. The maximum atomic E-state index is 5.30. The molecule has 0 fully saturated rings. The topological polar surface area (TPSA) is 37.9 Å². The highest BCUT2D eigenvalue weighted by Gasteiger charge is 2.15. The lowest BCUT2D eigenvalue weighted by molar-refractivity contribution is 0.128. The molecule has 4 heteroatoms. The van der Waals surface area contributed by atoms with Gasteiger partial charge in [-0.3, -0.25) is 0 Å². The SMILES string of the molecule is CCOCc1nc(=S)cc(C(C)(C)C)[nH]1. The first kappa shape index (κ1) is 12.3. The average Bonchev–Trinajstić information content (AvgIpc) is 2.12. The summed E-state index contributed by atoms with van der Waals surface area (Å²) in [6.45, 7) is 9.54. The maximum absolute atomic E-state index is 5.30. The van der Waals surface area contributed by atoms with E-state index in [1.54, 1.807) is 0 Å². The second kappa shape index (κ2) is 4.86. The van der Waals surface area contributed by atoms with E-state index in [2.05, 4.69) is 30.7 Å². The smallest absolute Gasteiger partial charge is 0.134 e. The van der Waals surface area contributed by atoms with Gasteiger partial charge in [-0.2, -0.15) is 0 Å². The molecule has 1 aromatic heterocycles. The van der Waals surface area contributed by atoms with Crippen molar-refractivity contribution in [1.29, 1.82) is 0 Å². The van der Waals surface area contributed by atoms with Crippen LogP contribution in [0.25, 0.3) is 0 Å². The maximum Gasteiger partial charge on any atom is 0.134 e. The molecule has 0 radical (unpaired) electrons. The number of aromatic amines is 1. The molecule has 1 N–H and O–H groups in total. The van der Waals surface area contributed by atoms with Gasteiger partial charge in [0.25, 0.3) is 0 Å². The van der Waals surface area contributed by atoms with E-state index in [1.165, 1.54) is 0 Å². The van der Waals surface area contributed by atoms with Gasteiger partial charge in [0.1, 0.15) is 17.1 Å². The number of H-pyrrole nitrogens is 1. The molecule has 0 amide bonds. The van der Waals surface area contributed by atoms with E-state index in [9.17, 15) is 0 Å². The van der Waals surface area contributed by atoms with E-state index in [0.717, 1.165) is 11.5 Å². The van der Waals surface area contributed by atoms with Gasteiger partial charge in [-0.1, -0.05) is 33.0 Å². The molecule has 0 aliphatic carbocycles. The molecule has 0 bridgehead atoms. The fourth-order valence-corrected chi connectivity index (χ4v) is 1.41. The zero-order valence-corrected chi connectivity index (χ0v) is 10.6. The highest BCUT2D eigenvalue weighted by atomic mass is 32.1. The average molecular weight is 226 g/mol. The molecule has 0 atom stereocenters. The number of hydrogen-bond donors (Lipinski definition) is 1. The Kier molecular flexibility index (Phi) is 3.99. The summed E-state index contributed by atoms with van der Waals surface area (Å²) in [6.07, 6.45) is 0. The van der Waals surface area contributed by atoms with Gasteiger partial charge in [0.05, 0.1) is 0 Å². The van der Waals surface area contributed by atoms with Gasteiger partial charge >= 0.3 is 0 Å². The Bertz CT molecular complexity index is 379. The van der Waals surface area contributed by atoms with Crippen LogP contribution in [-0.2, 0) is 16.8 Å². The van der Waals surface area contributed by atoms with Crippen molar-refractivity contribution in [2.24, 2.45) is 0 Å². The van der Waals surface area contributed by atoms with Crippen molar-refractivity contribution in [3.8, 4) is 0 Å². The molecule has 0 aromatic carbocycles. The molecule has 3 nitrogen and oxygen atoms in total. The first-order chi connectivity index (χ1) is 6.93. The van der Waals surface area contributed by atoms with Gasteiger partial charge in [-0.15, -0.1) is 0 Å². The normalized spacial score (nSPS) is 11.7. The fourth-order valence-electron chi connectivity index (χ4n) is 1.18. The van der Waals surface area contributed by atoms with E-state index >= 15 is 0 Å². The standard InChI is InChI=1S/C11H18N2OS/c1-5-14-7-9-12-8(11(2,3)4)6-10(15)13-9/h6H,5,7H2,1-4H3,(H,12,13,15). The Labute approximate surface area is 95.9 Å². The summed E-state index contributed by atoms with van der Waals surface area (Å²) < 4.78 is 5.92. The quantitative estimate of drug-likeness (QED) is 0.805. The predicted molar refractivity (Wildman–Crippen MR) is 63.5 cm³/mol. The van der Waals surface area contributed by atoms with Crippen LogP contribution in [0.1, 0.15) is 39.2 Å². The Balaban J connectivity index is 3.01. The van der Waals surface area contributed by atoms with Crippen molar-refractivity contribution in [3.05, 3.63) is 22.2 Å². The number of nitrogens with zero attached hydrogens (tertiary/aromatic N) is 1. The van der Waals surface area contributed by atoms with Gasteiger partial charge in [0.15, 0.2) is 0 Å². The molecule has 0 aliphatic rings. The van der Waals surface area contributed by atoms with Crippen LogP contribution in [0, 0.1) is 4.64 Å². The zero-order valence-electron chi connectivity index (χ0n) is 9.76. The number of aromatic nitrogens is 2. The number of nitrogens with one attached hydrogen (secondary N) is 1. The molecule has 15 heavy (non-hydrogen) atoms. The lowest BCUT2D eigenvalue weighted by Crippen LogP contribution is -2.15. The fraction of sp³-hybridized carbons (Fsp3) is 0.636. The van der Waals surface area contributed by atoms with Gasteiger partial charge in [-0.25, -0.2) is 4.98 Å². The van der Waals surface area contributed by atoms with Crippen molar-refractivity contribution in [2.75, 3.05) is 6.61 Å². The largest absolute Gasteiger partial charge is 0.374 e. The van der Waals surface area contributed by atoms with Crippen LogP contribution in [0.15, 0.2) is 6.07 Å². The monoisotopic (exact) mass is 226 g/mol. The van der Waals surface area contributed by atoms with Gasteiger partial charge in [0.2, 0.25) is 0 Å². The highest BCUT2D eigenvalue weighted by molar-refractivity contribution is 7.71. The minimum Gasteiger partial charge on any atom is -0.374 e. The molecular weight excluding hydrogens is 208 g/mol. The number of ether oxygens (including phenoxy) is 1. The third kappa shape index (κ3) is 3.72. The van der Waals surface area contributed by atoms with Gasteiger partial charge in [0, 0.05) is 17.7 Å². The minimum absolute atomic E-state index is 0.0530. The molecule has 0 saturated carbocycles. The molecule has 0 spiro atoms. The van der Waals surface area contributed by atoms with Crippen molar-refractivity contribution in [2.45, 2.75) is 39.7 Å². The Morgan fingerprint density at radius 1 is 1.47 bits per heavy atom. The van der Waals surface area contributed by atoms with E-state index in [1.807, 2.05) is 13.0 Å². The molecule has 0 unspecified atom stereocenters. The second-order valence-corrected chi connectivity index (χ2v) is 4.89. The van der Waals surface area contributed by atoms with Crippen molar-refractivity contribution < 1.29 is 4.74 Å². The molecule has 1 heterocycles. The van der Waals surface area contributed by atoms with E-state index in [4.69, 9.17) is 17.0 Å². The summed E-state index contributed by atoms with van der Waals surface area (Å²) in [4.78, 5) is 7.48. The summed E-state index contributed by atoms with van der Waals surface area (Å²) >= 11 is 5.12. The highest BCUT2D eigenvalue weighted by Crippen LogP contribution is 2.19. The summed E-state index contributed by atoms with van der Waals surface area (Å²) in [7, 11) is 0. The van der Waals surface area contributed by atoms with E-state index in [0.29, 0.717) is 17.9 Å². The molecule has 1 aromatic rings. The lowest BCUT2D eigenvalue weighted by atomic mass is 9.92. The molecule has 0 aliphatic heterocycles. The van der Waals surface area contributed by atoms with Crippen LogP contribution in [0.5, 0.6) is 0 Å².